The van der Waals surface area contributed by atoms with Crippen molar-refractivity contribution >= 4 is 81.3 Å². The van der Waals surface area contributed by atoms with E-state index in [0.29, 0.717) is 23.1 Å². The van der Waals surface area contributed by atoms with E-state index in [1.165, 1.54) is 37.4 Å². The van der Waals surface area contributed by atoms with Crippen LogP contribution in [0.25, 0.3) is 0 Å². The zero-order valence-electron chi connectivity index (χ0n) is 23.8. The lowest BCUT2D eigenvalue weighted by Gasteiger charge is -2.50. The highest BCUT2D eigenvalue weighted by Gasteiger charge is 2.53. The molecule has 0 radical (unpaired) electrons. The first-order valence-electron chi connectivity index (χ1n) is 13.1. The first-order chi connectivity index (χ1) is 20.7. The van der Waals surface area contributed by atoms with Gasteiger partial charge >= 0.3 is 11.1 Å². The Morgan fingerprint density at radius 1 is 1.32 bits per heavy atom. The number of amides is 2. The highest BCUT2D eigenvalue weighted by molar-refractivity contribution is 8.01. The number of nitrogens with one attached hydrogen (secondary N) is 1. The minimum Gasteiger partial charge on any atom is -0.543 e. The molecule has 17 nitrogen and oxygen atoms in total. The minimum atomic E-state index is -1.81. The third-order valence-corrected chi connectivity index (χ3v) is 9.39. The van der Waals surface area contributed by atoms with Gasteiger partial charge in [-0.3, -0.25) is 14.5 Å². The number of hydrogen-bond donors (Lipinski definition) is 5. The maximum absolute atomic E-state index is 13.2. The molecule has 0 bridgehead atoms. The number of unbranched alkanes of at least 4 members (excludes halogenated alkanes) is 1. The number of nitrogen functional groups attached to an aromatic ring is 3. The Kier molecular flexibility index (Phi) is 9.84. The monoisotopic (exact) mass is 666 g/mol. The van der Waals surface area contributed by atoms with Gasteiger partial charge in [-0.15, -0.1) is 11.8 Å². The summed E-state index contributed by atoms with van der Waals surface area (Å²) in [7, 11) is 0. The van der Waals surface area contributed by atoms with E-state index in [4.69, 9.17) is 22.0 Å². The minimum absolute atomic E-state index is 0.00724. The van der Waals surface area contributed by atoms with Crippen molar-refractivity contribution in [1.29, 1.82) is 0 Å². The Morgan fingerprint density at radius 3 is 2.66 bits per heavy atom. The summed E-state index contributed by atoms with van der Waals surface area (Å²) < 4.78 is 5.73. The molecule has 0 aromatic carbocycles. The third-order valence-electron chi connectivity index (χ3n) is 6.45. The average molecular weight is 667 g/mol. The van der Waals surface area contributed by atoms with Gasteiger partial charge in [0, 0.05) is 23.0 Å². The number of carboxylic acids is 2. The molecule has 2 aliphatic rings. The number of carboxylic acid groups (broad SMARTS) is 2. The fourth-order valence-corrected chi connectivity index (χ4v) is 7.03. The number of aromatic nitrogens is 4. The first kappa shape index (κ1) is 32.7. The second kappa shape index (κ2) is 13.2. The largest absolute Gasteiger partial charge is 0.543 e. The van der Waals surface area contributed by atoms with E-state index in [1.807, 2.05) is 6.92 Å². The Bertz CT molecular complexity index is 1560. The van der Waals surface area contributed by atoms with Crippen LogP contribution in [-0.4, -0.2) is 82.3 Å². The zero-order chi connectivity index (χ0) is 32.3. The molecule has 1 unspecified atom stereocenters. The number of carbonyl (C=O) groups is 4. The lowest BCUT2D eigenvalue weighted by Crippen LogP contribution is -2.71. The van der Waals surface area contributed by atoms with Crippen LogP contribution < -0.4 is 32.2 Å². The van der Waals surface area contributed by atoms with Gasteiger partial charge in [-0.25, -0.2) is 9.36 Å². The summed E-state index contributed by atoms with van der Waals surface area (Å²) in [4.78, 5) is 64.5. The van der Waals surface area contributed by atoms with Crippen LogP contribution in [0.3, 0.4) is 0 Å². The van der Waals surface area contributed by atoms with Crippen LogP contribution in [0.4, 0.5) is 16.8 Å². The van der Waals surface area contributed by atoms with Crippen molar-refractivity contribution in [1.82, 2.24) is 24.6 Å². The molecule has 1 saturated heterocycles. The Balaban J connectivity index is 1.53. The number of nitrogens with zero attached hydrogens (tertiary/aromatic N) is 6. The molecule has 44 heavy (non-hydrogen) atoms. The number of β-lactam (4-membered cyclic amide) rings is 1. The van der Waals surface area contributed by atoms with Gasteiger partial charge < -0.3 is 42.4 Å². The lowest BCUT2D eigenvalue weighted by atomic mass is 10.0. The number of aliphatic carboxylic acids is 2. The number of fused-ring (bicyclic) bond motifs is 1. The molecule has 0 aliphatic carbocycles. The molecule has 2 aromatic heterocycles. The predicted molar refractivity (Wildman–Crippen MR) is 160 cm³/mol. The molecule has 236 valence electrons. The lowest BCUT2D eigenvalue weighted by molar-refractivity contribution is -0.723. The van der Waals surface area contributed by atoms with Crippen LogP contribution in [0.2, 0.25) is 0 Å². The highest BCUT2D eigenvalue weighted by atomic mass is 32.2. The number of carbonyl (C=O) groups excluding carboxylic acids is 3. The summed E-state index contributed by atoms with van der Waals surface area (Å²) in [5.74, 6) is -3.77. The molecular weight excluding hydrogens is 637 g/mol. The molecule has 4 heterocycles. The van der Waals surface area contributed by atoms with Gasteiger partial charge in [-0.2, -0.15) is 9.36 Å². The van der Waals surface area contributed by atoms with Crippen molar-refractivity contribution in [3.63, 3.8) is 0 Å². The molecule has 2 atom stereocenters. The van der Waals surface area contributed by atoms with Crippen molar-refractivity contribution in [2.45, 2.75) is 62.3 Å². The number of nitrogens with two attached hydrogens (primary N) is 3. The van der Waals surface area contributed by atoms with Gasteiger partial charge in [0.25, 0.3) is 11.8 Å². The molecule has 0 saturated carbocycles. The Hall–Kier alpha value is -4.17. The highest BCUT2D eigenvalue weighted by Crippen LogP contribution is 2.41. The summed E-state index contributed by atoms with van der Waals surface area (Å²) in [6.07, 6.45) is 1.76. The smallest absolute Gasteiger partial charge is 0.350 e. The fourth-order valence-electron chi connectivity index (χ4n) is 4.05. The molecule has 2 amide bonds. The topological polar surface area (TPSA) is 269 Å². The SMILES string of the molecule is CCCC[n+]1c(N)cc(N)nc1SCC1=C(C(=O)[O-])N2C(=O)C(NC(=O)/C(=N\OC(C)(C)C(=O)O)c3nsc(N)n3)[C@H]2SC1. The standard InChI is InChI=1S/C24H30N10O7S3/c1-4-5-6-33-12(26)7-11(25)28-23(33)43-9-10-8-42-19-14(18(36)34(19)15(10)20(37)38)29-17(35)13(16-30-22(27)44-32-16)31-41-24(2,3)21(39)40/h7,14,19H,4-6,8-9H2,1-3H3,(H8,25,26,27,29,30,32,35,37,38,39,40)/b31-13-/t14?,19-/m1/s1. The van der Waals surface area contributed by atoms with Gasteiger partial charge in [0.15, 0.2) is 5.13 Å². The second-order valence-electron chi connectivity index (χ2n) is 10.1. The van der Waals surface area contributed by atoms with E-state index in [1.54, 1.807) is 10.6 Å². The van der Waals surface area contributed by atoms with Gasteiger partial charge in [-0.1, -0.05) is 23.5 Å². The normalized spacial score (nSPS) is 18.5. The quantitative estimate of drug-likeness (QED) is 0.0408. The number of thioether (sulfide) groups is 2. The summed E-state index contributed by atoms with van der Waals surface area (Å²) in [6, 6.07) is 0.408. The van der Waals surface area contributed by atoms with E-state index in [0.717, 1.165) is 29.3 Å². The van der Waals surface area contributed by atoms with Crippen molar-refractivity contribution in [3.8, 4) is 0 Å². The van der Waals surface area contributed by atoms with Gasteiger partial charge in [0.05, 0.1) is 24.3 Å². The number of anilines is 3. The number of rotatable bonds is 13. The third kappa shape index (κ3) is 6.81. The molecule has 2 aromatic rings. The van der Waals surface area contributed by atoms with E-state index in [9.17, 15) is 29.4 Å². The molecular formula is C24H30N10O7S3. The average Bonchev–Trinajstić information content (AvgIpc) is 3.38. The second-order valence-corrected chi connectivity index (χ2v) is 12.9. The van der Waals surface area contributed by atoms with Gasteiger partial charge in [0.1, 0.15) is 11.4 Å². The molecule has 20 heteroatoms. The van der Waals surface area contributed by atoms with E-state index in [-0.39, 0.29) is 34.0 Å². The van der Waals surface area contributed by atoms with E-state index >= 15 is 0 Å². The van der Waals surface area contributed by atoms with Crippen molar-refractivity contribution < 1.29 is 38.8 Å². The van der Waals surface area contributed by atoms with Gasteiger partial charge in [0.2, 0.25) is 28.8 Å². The number of hydrogen-bond acceptors (Lipinski definition) is 16. The summed E-state index contributed by atoms with van der Waals surface area (Å²) in [5, 5.41) is 27.5. The number of oxime groups is 1. The van der Waals surface area contributed by atoms with Crippen LogP contribution in [0.5, 0.6) is 0 Å². The molecule has 8 N–H and O–H groups in total. The van der Waals surface area contributed by atoms with E-state index < -0.39 is 46.5 Å². The van der Waals surface area contributed by atoms with E-state index in [2.05, 4.69) is 24.8 Å². The van der Waals surface area contributed by atoms with Crippen molar-refractivity contribution in [2.24, 2.45) is 5.16 Å². The van der Waals surface area contributed by atoms with Crippen LogP contribution >= 0.6 is 35.1 Å². The Labute approximate surface area is 263 Å². The van der Waals surface area contributed by atoms with Gasteiger partial charge in [-0.05, 0) is 37.6 Å². The molecule has 0 spiro atoms. The summed E-state index contributed by atoms with van der Waals surface area (Å²) in [5.41, 5.74) is 15.5. The fraction of sp³-hybridized carbons (Fsp3) is 0.458. The van der Waals surface area contributed by atoms with Crippen molar-refractivity contribution in [3.05, 3.63) is 23.2 Å². The molecule has 4 rings (SSSR count). The van der Waals surface area contributed by atoms with Crippen LogP contribution in [0.15, 0.2) is 27.6 Å². The summed E-state index contributed by atoms with van der Waals surface area (Å²) in [6.45, 7) is 5.07. The zero-order valence-corrected chi connectivity index (χ0v) is 26.3. The van der Waals surface area contributed by atoms with Crippen LogP contribution in [-0.2, 0) is 30.6 Å². The van der Waals surface area contributed by atoms with Crippen molar-refractivity contribution in [2.75, 3.05) is 28.7 Å². The van der Waals surface area contributed by atoms with Crippen LogP contribution in [0.1, 0.15) is 39.4 Å². The Morgan fingerprint density at radius 2 is 2.05 bits per heavy atom. The summed E-state index contributed by atoms with van der Waals surface area (Å²) >= 11 is 3.24. The maximum Gasteiger partial charge on any atom is 0.350 e. The maximum atomic E-state index is 13.2. The van der Waals surface area contributed by atoms with Crippen LogP contribution in [0, 0.1) is 0 Å². The molecule has 2 aliphatic heterocycles. The molecule has 1 fully saturated rings. The first-order valence-corrected chi connectivity index (χ1v) is 15.9. The predicted octanol–water partition coefficient (Wildman–Crippen LogP) is -1.45.